The third-order valence-corrected chi connectivity index (χ3v) is 3.63. The van der Waals surface area contributed by atoms with Crippen LogP contribution in [0.1, 0.15) is 22.0 Å². The van der Waals surface area contributed by atoms with E-state index in [2.05, 4.69) is 15.3 Å². The lowest BCUT2D eigenvalue weighted by molar-refractivity contribution is 0.0915. The number of benzene rings is 2. The predicted octanol–water partition coefficient (Wildman–Crippen LogP) is 1.81. The van der Waals surface area contributed by atoms with Gasteiger partial charge in [0.25, 0.3) is 5.91 Å². The number of nitrogens with zero attached hydrogens (tertiary/aromatic N) is 2. The van der Waals surface area contributed by atoms with Gasteiger partial charge in [-0.25, -0.2) is 14.4 Å². The summed E-state index contributed by atoms with van der Waals surface area (Å²) in [6.45, 7) is -0.421. The van der Waals surface area contributed by atoms with Gasteiger partial charge < -0.3 is 16.2 Å². The predicted molar refractivity (Wildman–Crippen MR) is 87.6 cm³/mol. The van der Waals surface area contributed by atoms with E-state index in [0.29, 0.717) is 11.1 Å². The Balaban J connectivity index is 1.87. The number of halogens is 1. The maximum Gasteiger partial charge on any atom is 0.251 e. The van der Waals surface area contributed by atoms with Crippen molar-refractivity contribution in [1.29, 1.82) is 0 Å². The molecule has 7 heteroatoms. The summed E-state index contributed by atoms with van der Waals surface area (Å²) in [6, 6.07) is 10.0. The number of hydrogen-bond donors (Lipinski definition) is 3. The first-order valence-corrected chi connectivity index (χ1v) is 7.27. The Hall–Kier alpha value is -3.06. The third-order valence-electron chi connectivity index (χ3n) is 3.63. The zero-order valence-electron chi connectivity index (χ0n) is 12.6. The first kappa shape index (κ1) is 15.8. The first-order valence-electron chi connectivity index (χ1n) is 7.27. The summed E-state index contributed by atoms with van der Waals surface area (Å²) in [7, 11) is 0. The van der Waals surface area contributed by atoms with Crippen LogP contribution in [0.4, 0.5) is 10.3 Å². The molecule has 2 aromatic carbocycles. The molecular weight excluding hydrogens is 311 g/mol. The molecule has 0 fully saturated rings. The molecule has 0 saturated heterocycles. The van der Waals surface area contributed by atoms with Crippen molar-refractivity contribution < 1.29 is 14.3 Å². The van der Waals surface area contributed by atoms with Crippen molar-refractivity contribution >= 4 is 22.8 Å². The van der Waals surface area contributed by atoms with Gasteiger partial charge in [-0.05, 0) is 18.2 Å². The summed E-state index contributed by atoms with van der Waals surface area (Å²) in [5.74, 6) is -0.827. The Morgan fingerprint density at radius 1 is 1.29 bits per heavy atom. The third kappa shape index (κ3) is 3.16. The second kappa shape index (κ2) is 6.59. The van der Waals surface area contributed by atoms with Gasteiger partial charge in [-0.15, -0.1) is 0 Å². The molecule has 3 rings (SSSR count). The zero-order chi connectivity index (χ0) is 17.1. The lowest BCUT2D eigenvalue weighted by atomic mass is 10.1. The van der Waals surface area contributed by atoms with E-state index in [-0.39, 0.29) is 11.5 Å². The number of aliphatic hydroxyl groups is 1. The lowest BCUT2D eigenvalue weighted by Crippen LogP contribution is -2.31. The van der Waals surface area contributed by atoms with Crippen molar-refractivity contribution in [3.63, 3.8) is 0 Å². The quantitative estimate of drug-likeness (QED) is 0.679. The molecule has 6 nitrogen and oxygen atoms in total. The monoisotopic (exact) mass is 326 g/mol. The fourth-order valence-electron chi connectivity index (χ4n) is 2.40. The number of aromatic nitrogens is 2. The van der Waals surface area contributed by atoms with Crippen LogP contribution in [0, 0.1) is 5.82 Å². The number of nitrogen functional groups attached to an aromatic ring is 1. The Morgan fingerprint density at radius 2 is 2.08 bits per heavy atom. The van der Waals surface area contributed by atoms with Crippen molar-refractivity contribution in [3.8, 4) is 0 Å². The number of fused-ring (bicyclic) bond motifs is 1. The molecule has 0 spiro atoms. The number of hydrogen-bond acceptors (Lipinski definition) is 5. The molecule has 0 radical (unpaired) electrons. The Morgan fingerprint density at radius 3 is 2.83 bits per heavy atom. The number of nitrogens with one attached hydrogen (secondary N) is 1. The summed E-state index contributed by atoms with van der Waals surface area (Å²) in [5.41, 5.74) is 6.63. The van der Waals surface area contributed by atoms with Crippen molar-refractivity contribution in [1.82, 2.24) is 15.3 Å². The van der Waals surface area contributed by atoms with Gasteiger partial charge in [0.2, 0.25) is 5.95 Å². The molecule has 0 aliphatic carbocycles. The number of nitrogens with two attached hydrogens (primary N) is 1. The van der Waals surface area contributed by atoms with Crippen LogP contribution in [0.2, 0.25) is 0 Å². The SMILES string of the molecule is Nc1ncc2ccc(C(=O)NC(CO)c3ccccc3F)cc2n1. The van der Waals surface area contributed by atoms with Gasteiger partial charge in [0.05, 0.1) is 18.2 Å². The molecule has 0 aliphatic heterocycles. The van der Waals surface area contributed by atoms with Crippen LogP contribution >= 0.6 is 0 Å². The molecule has 3 aromatic rings. The highest BCUT2D eigenvalue weighted by atomic mass is 19.1. The van der Waals surface area contributed by atoms with Crippen LogP contribution in [0.5, 0.6) is 0 Å². The average molecular weight is 326 g/mol. The Bertz CT molecular complexity index is 901. The van der Waals surface area contributed by atoms with Crippen molar-refractivity contribution in [2.45, 2.75) is 6.04 Å². The number of aliphatic hydroxyl groups excluding tert-OH is 1. The van der Waals surface area contributed by atoms with Gasteiger partial charge in [0, 0.05) is 22.7 Å². The second-order valence-corrected chi connectivity index (χ2v) is 5.23. The minimum atomic E-state index is -0.843. The maximum atomic E-state index is 13.8. The van der Waals surface area contributed by atoms with Crippen molar-refractivity contribution in [3.05, 3.63) is 65.6 Å². The molecule has 0 bridgehead atoms. The zero-order valence-corrected chi connectivity index (χ0v) is 12.6. The molecule has 1 unspecified atom stereocenters. The second-order valence-electron chi connectivity index (χ2n) is 5.23. The van der Waals surface area contributed by atoms with E-state index < -0.39 is 24.4 Å². The van der Waals surface area contributed by atoms with Crippen LogP contribution < -0.4 is 11.1 Å². The highest BCUT2D eigenvalue weighted by Crippen LogP contribution is 2.18. The van der Waals surface area contributed by atoms with E-state index in [0.717, 1.165) is 5.39 Å². The summed E-state index contributed by atoms with van der Waals surface area (Å²) < 4.78 is 13.8. The summed E-state index contributed by atoms with van der Waals surface area (Å²) in [5, 5.41) is 12.8. The molecule has 0 aliphatic rings. The molecule has 1 heterocycles. The van der Waals surface area contributed by atoms with E-state index in [1.807, 2.05) is 0 Å². The van der Waals surface area contributed by atoms with E-state index in [1.165, 1.54) is 12.1 Å². The number of anilines is 1. The topological polar surface area (TPSA) is 101 Å². The minimum Gasteiger partial charge on any atom is -0.394 e. The average Bonchev–Trinajstić information content (AvgIpc) is 2.59. The molecule has 0 saturated carbocycles. The molecule has 1 amide bonds. The molecule has 1 atom stereocenters. The van der Waals surface area contributed by atoms with Gasteiger partial charge in [-0.2, -0.15) is 0 Å². The summed E-state index contributed by atoms with van der Waals surface area (Å²) in [4.78, 5) is 20.4. The smallest absolute Gasteiger partial charge is 0.251 e. The summed E-state index contributed by atoms with van der Waals surface area (Å²) in [6.07, 6.45) is 1.56. The first-order chi connectivity index (χ1) is 11.6. The van der Waals surface area contributed by atoms with Crippen molar-refractivity contribution in [2.24, 2.45) is 0 Å². The molecule has 1 aromatic heterocycles. The Kier molecular flexibility index (Phi) is 4.35. The van der Waals surface area contributed by atoms with Gasteiger partial charge in [-0.1, -0.05) is 24.3 Å². The number of carbonyl (C=O) groups excluding carboxylic acids is 1. The Labute approximate surface area is 137 Å². The van der Waals surface area contributed by atoms with Crippen LogP contribution in [-0.2, 0) is 0 Å². The van der Waals surface area contributed by atoms with Crippen LogP contribution in [-0.4, -0.2) is 27.6 Å². The molecule has 122 valence electrons. The largest absolute Gasteiger partial charge is 0.394 e. The molecular formula is C17H15FN4O2. The minimum absolute atomic E-state index is 0.111. The normalized spacial score (nSPS) is 12.1. The lowest BCUT2D eigenvalue weighted by Gasteiger charge is -2.17. The number of amides is 1. The standard InChI is InChI=1S/C17H15FN4O2/c18-13-4-2-1-3-12(13)15(9-23)21-16(24)10-5-6-11-8-20-17(19)22-14(11)7-10/h1-8,15,23H,9H2,(H,21,24)(H2,19,20,22). The maximum absolute atomic E-state index is 13.8. The highest BCUT2D eigenvalue weighted by Gasteiger charge is 2.18. The number of rotatable bonds is 4. The van der Waals surface area contributed by atoms with Crippen LogP contribution in [0.25, 0.3) is 10.9 Å². The number of carbonyl (C=O) groups is 1. The van der Waals surface area contributed by atoms with E-state index in [4.69, 9.17) is 5.73 Å². The van der Waals surface area contributed by atoms with E-state index in [9.17, 15) is 14.3 Å². The highest BCUT2D eigenvalue weighted by molar-refractivity contribution is 5.98. The molecule has 4 N–H and O–H groups in total. The van der Waals surface area contributed by atoms with Crippen molar-refractivity contribution in [2.75, 3.05) is 12.3 Å². The fraction of sp³-hybridized carbons (Fsp3) is 0.118. The molecule has 24 heavy (non-hydrogen) atoms. The van der Waals surface area contributed by atoms with Gasteiger partial charge in [-0.3, -0.25) is 4.79 Å². The van der Waals surface area contributed by atoms with Gasteiger partial charge in [0.15, 0.2) is 0 Å². The van der Waals surface area contributed by atoms with E-state index >= 15 is 0 Å². The van der Waals surface area contributed by atoms with Gasteiger partial charge >= 0.3 is 0 Å². The van der Waals surface area contributed by atoms with Crippen LogP contribution in [0.15, 0.2) is 48.7 Å². The van der Waals surface area contributed by atoms with Crippen LogP contribution in [0.3, 0.4) is 0 Å². The van der Waals surface area contributed by atoms with E-state index in [1.54, 1.807) is 36.5 Å². The van der Waals surface area contributed by atoms with Gasteiger partial charge in [0.1, 0.15) is 5.82 Å². The summed E-state index contributed by atoms with van der Waals surface area (Å²) >= 11 is 0. The fourth-order valence-corrected chi connectivity index (χ4v) is 2.40.